The van der Waals surface area contributed by atoms with Crippen molar-refractivity contribution >= 4 is 47.4 Å². The van der Waals surface area contributed by atoms with Crippen LogP contribution in [0.2, 0.25) is 0 Å². The van der Waals surface area contributed by atoms with Gasteiger partial charge in [-0.2, -0.15) is 0 Å². The Kier molecular flexibility index (Phi) is 4.25. The zero-order chi connectivity index (χ0) is 8.20. The summed E-state index contributed by atoms with van der Waals surface area (Å²) in [5.41, 5.74) is 0. The Morgan fingerprint density at radius 1 is 1.30 bits per heavy atom. The quantitative estimate of drug-likeness (QED) is 0.517. The summed E-state index contributed by atoms with van der Waals surface area (Å²) in [6.45, 7) is 0. The molecule has 0 N–H and O–H groups in total. The lowest BCUT2D eigenvalue weighted by Gasteiger charge is -2.15. The summed E-state index contributed by atoms with van der Waals surface area (Å²) in [7, 11) is 0. The van der Waals surface area contributed by atoms with Gasteiger partial charge in [-0.05, 0) is 0 Å². The highest BCUT2D eigenvalue weighted by Gasteiger charge is 2.31. The van der Waals surface area contributed by atoms with Gasteiger partial charge in [-0.3, -0.25) is 0 Å². The first kappa shape index (κ1) is 10.2. The fourth-order valence-electron chi connectivity index (χ4n) is 0.370. The van der Waals surface area contributed by atoms with Crippen LogP contribution < -0.4 is 0 Å². The van der Waals surface area contributed by atoms with E-state index in [0.29, 0.717) is 12.6 Å². The van der Waals surface area contributed by atoms with Gasteiger partial charge in [-0.1, -0.05) is 34.8 Å². The van der Waals surface area contributed by atoms with Crippen LogP contribution in [-0.4, -0.2) is 16.4 Å². The molecule has 0 rings (SSSR count). The lowest BCUT2D eigenvalue weighted by Crippen LogP contribution is -2.20. The molecule has 0 amide bonds. The van der Waals surface area contributed by atoms with Gasteiger partial charge in [0.2, 0.25) is 0 Å². The Hall–Kier alpha value is 0.210. The van der Waals surface area contributed by atoms with Crippen LogP contribution in [0.25, 0.3) is 0 Å². The van der Waals surface area contributed by atoms with Crippen LogP contribution in [0, 0.1) is 5.92 Å². The Morgan fingerprint density at radius 2 is 1.80 bits per heavy atom. The van der Waals surface area contributed by atoms with E-state index < -0.39 is 9.71 Å². The van der Waals surface area contributed by atoms with Crippen LogP contribution in [0.3, 0.4) is 0 Å². The second kappa shape index (κ2) is 4.16. The molecule has 0 bridgehead atoms. The van der Waals surface area contributed by atoms with Gasteiger partial charge in [0.25, 0.3) is 0 Å². The summed E-state index contributed by atoms with van der Waals surface area (Å²) in [6, 6.07) is 0. The molecular formula is C5H5Cl3O2. The van der Waals surface area contributed by atoms with Gasteiger partial charge in [-0.25, -0.2) is 0 Å². The number of carbonyl (C=O) groups is 2. The van der Waals surface area contributed by atoms with Crippen molar-refractivity contribution in [3.63, 3.8) is 0 Å². The third-order valence-electron chi connectivity index (χ3n) is 0.935. The molecule has 0 aliphatic rings. The standard InChI is InChI=1S/C5H5Cl3O2/c6-5(7,8)4(3-10)1-2-9/h2-4H,1H2. The molecule has 0 spiro atoms. The van der Waals surface area contributed by atoms with Gasteiger partial charge in [0, 0.05) is 6.42 Å². The van der Waals surface area contributed by atoms with E-state index in [-0.39, 0.29) is 6.42 Å². The number of hydrogen-bond acceptors (Lipinski definition) is 2. The van der Waals surface area contributed by atoms with E-state index in [1.165, 1.54) is 0 Å². The highest BCUT2D eigenvalue weighted by molar-refractivity contribution is 6.68. The molecule has 2 nitrogen and oxygen atoms in total. The lowest BCUT2D eigenvalue weighted by atomic mass is 10.1. The van der Waals surface area contributed by atoms with Crippen molar-refractivity contribution in [1.82, 2.24) is 0 Å². The molecule has 0 saturated heterocycles. The summed E-state index contributed by atoms with van der Waals surface area (Å²) in [4.78, 5) is 20.0. The summed E-state index contributed by atoms with van der Waals surface area (Å²) in [5, 5.41) is 0. The van der Waals surface area contributed by atoms with E-state index in [1.807, 2.05) is 0 Å². The summed E-state index contributed by atoms with van der Waals surface area (Å²) in [5.74, 6) is -0.838. The van der Waals surface area contributed by atoms with Gasteiger partial charge in [0.1, 0.15) is 12.6 Å². The van der Waals surface area contributed by atoms with E-state index >= 15 is 0 Å². The van der Waals surface area contributed by atoms with Crippen LogP contribution in [0.4, 0.5) is 0 Å². The van der Waals surface area contributed by atoms with Crippen LogP contribution in [0.15, 0.2) is 0 Å². The Bertz CT molecular complexity index is 129. The average molecular weight is 203 g/mol. The molecule has 0 heterocycles. The zero-order valence-electron chi connectivity index (χ0n) is 4.89. The van der Waals surface area contributed by atoms with E-state index in [4.69, 9.17) is 34.8 Å². The van der Waals surface area contributed by atoms with Crippen LogP contribution in [0.1, 0.15) is 6.42 Å². The van der Waals surface area contributed by atoms with Crippen molar-refractivity contribution in [3.05, 3.63) is 0 Å². The van der Waals surface area contributed by atoms with Gasteiger partial charge < -0.3 is 9.59 Å². The van der Waals surface area contributed by atoms with Crippen LogP contribution in [0.5, 0.6) is 0 Å². The summed E-state index contributed by atoms with van der Waals surface area (Å²) in [6.07, 6.45) is 0.947. The van der Waals surface area contributed by atoms with Crippen molar-refractivity contribution in [2.45, 2.75) is 10.2 Å². The highest BCUT2D eigenvalue weighted by Crippen LogP contribution is 2.35. The normalized spacial score (nSPS) is 14.3. The molecule has 0 aromatic carbocycles. The first-order valence-corrected chi connectivity index (χ1v) is 3.61. The van der Waals surface area contributed by atoms with Gasteiger partial charge in [-0.15, -0.1) is 0 Å². The van der Waals surface area contributed by atoms with Crippen molar-refractivity contribution in [2.75, 3.05) is 0 Å². The van der Waals surface area contributed by atoms with Crippen molar-refractivity contribution < 1.29 is 9.59 Å². The van der Waals surface area contributed by atoms with Gasteiger partial charge >= 0.3 is 0 Å². The summed E-state index contributed by atoms with van der Waals surface area (Å²) < 4.78 is -1.66. The molecule has 0 aromatic heterocycles. The zero-order valence-corrected chi connectivity index (χ0v) is 7.16. The fraction of sp³-hybridized carbons (Fsp3) is 0.600. The van der Waals surface area contributed by atoms with E-state index in [9.17, 15) is 9.59 Å². The van der Waals surface area contributed by atoms with E-state index in [2.05, 4.69) is 0 Å². The third-order valence-corrected chi connectivity index (χ3v) is 1.78. The first-order valence-electron chi connectivity index (χ1n) is 2.48. The number of aldehydes is 2. The minimum atomic E-state index is -1.66. The molecule has 0 radical (unpaired) electrons. The molecule has 5 heteroatoms. The van der Waals surface area contributed by atoms with Crippen molar-refractivity contribution in [3.8, 4) is 0 Å². The third kappa shape index (κ3) is 3.40. The Labute approximate surface area is 73.4 Å². The number of rotatable bonds is 3. The van der Waals surface area contributed by atoms with Crippen molar-refractivity contribution in [1.29, 1.82) is 0 Å². The number of hydrogen-bond donors (Lipinski definition) is 0. The smallest absolute Gasteiger partial charge is 0.200 e. The molecule has 0 aliphatic carbocycles. The average Bonchev–Trinajstić information content (AvgIpc) is 1.80. The van der Waals surface area contributed by atoms with Crippen LogP contribution >= 0.6 is 34.8 Å². The maximum atomic E-state index is 10.1. The minimum Gasteiger partial charge on any atom is -0.303 e. The number of carbonyl (C=O) groups excluding carboxylic acids is 2. The molecular weight excluding hydrogens is 198 g/mol. The fourth-order valence-corrected chi connectivity index (χ4v) is 0.792. The second-order valence-corrected chi connectivity index (χ2v) is 4.06. The molecule has 58 valence electrons. The highest BCUT2D eigenvalue weighted by atomic mass is 35.6. The van der Waals surface area contributed by atoms with E-state index in [1.54, 1.807) is 0 Å². The Morgan fingerprint density at radius 3 is 1.90 bits per heavy atom. The Balaban J connectivity index is 4.05. The summed E-state index contributed by atoms with van der Waals surface area (Å²) >= 11 is 16.0. The van der Waals surface area contributed by atoms with Gasteiger partial charge in [0.15, 0.2) is 3.79 Å². The van der Waals surface area contributed by atoms with Crippen molar-refractivity contribution in [2.24, 2.45) is 5.92 Å². The number of halogens is 3. The van der Waals surface area contributed by atoms with Gasteiger partial charge in [0.05, 0.1) is 5.92 Å². The SMILES string of the molecule is O=CCC(C=O)C(Cl)(Cl)Cl. The monoisotopic (exact) mass is 202 g/mol. The molecule has 0 fully saturated rings. The van der Waals surface area contributed by atoms with Crippen LogP contribution in [-0.2, 0) is 9.59 Å². The molecule has 0 saturated carbocycles. The molecule has 1 unspecified atom stereocenters. The maximum Gasteiger partial charge on any atom is 0.200 e. The van der Waals surface area contributed by atoms with E-state index in [0.717, 1.165) is 0 Å². The molecule has 1 atom stereocenters. The predicted molar refractivity (Wildman–Crippen MR) is 40.5 cm³/mol. The topological polar surface area (TPSA) is 34.1 Å². The lowest BCUT2D eigenvalue weighted by molar-refractivity contribution is -0.115. The molecule has 10 heavy (non-hydrogen) atoms. The molecule has 0 aromatic rings. The molecule has 0 aliphatic heterocycles. The second-order valence-electron chi connectivity index (χ2n) is 1.69. The predicted octanol–water partition coefficient (Wildman–Crippen LogP) is 1.76. The largest absolute Gasteiger partial charge is 0.303 e. The number of alkyl halides is 3. The minimum absolute atomic E-state index is 0.0556. The first-order chi connectivity index (χ1) is 4.52. The maximum absolute atomic E-state index is 10.1.